The van der Waals surface area contributed by atoms with E-state index in [4.69, 9.17) is 23.2 Å². The van der Waals surface area contributed by atoms with Gasteiger partial charge in [0.15, 0.2) is 23.3 Å². The number of rotatable bonds is 1. The van der Waals surface area contributed by atoms with Crippen LogP contribution >= 0.6 is 23.2 Å². The Hall–Kier alpha value is -1.85. The molecule has 0 radical (unpaired) electrons. The van der Waals surface area contributed by atoms with Crippen LogP contribution in [0.3, 0.4) is 0 Å². The van der Waals surface area contributed by atoms with Gasteiger partial charge >= 0.3 is 0 Å². The third kappa shape index (κ3) is 2.54. The molecule has 0 N–H and O–H groups in total. The minimum atomic E-state index is -1.55. The van der Waals surface area contributed by atoms with Crippen molar-refractivity contribution in [3.8, 4) is 11.4 Å². The summed E-state index contributed by atoms with van der Waals surface area (Å²) in [7, 11) is 0. The largest absolute Gasteiger partial charge is 0.228 e. The monoisotopic (exact) mass is 328 g/mol. The molecule has 3 rings (SSSR count). The van der Waals surface area contributed by atoms with Gasteiger partial charge in [-0.3, -0.25) is 0 Å². The molecule has 21 heavy (non-hydrogen) atoms. The first-order valence-corrected chi connectivity index (χ1v) is 6.49. The number of halogens is 5. The lowest BCUT2D eigenvalue weighted by Crippen LogP contribution is -1.96. The first kappa shape index (κ1) is 14.1. The first-order chi connectivity index (χ1) is 9.95. The van der Waals surface area contributed by atoms with E-state index in [0.29, 0.717) is 15.9 Å². The lowest BCUT2D eigenvalue weighted by molar-refractivity contribution is 0.447. The van der Waals surface area contributed by atoms with E-state index in [1.165, 1.54) is 0 Å². The van der Waals surface area contributed by atoms with Crippen molar-refractivity contribution in [3.05, 3.63) is 58.0 Å². The molecule has 0 saturated heterocycles. The van der Waals surface area contributed by atoms with Gasteiger partial charge in [-0.25, -0.2) is 23.1 Å². The van der Waals surface area contributed by atoms with Crippen LogP contribution in [0.1, 0.15) is 0 Å². The van der Waals surface area contributed by atoms with E-state index in [-0.39, 0.29) is 16.5 Å². The molecule has 0 amide bonds. The van der Waals surface area contributed by atoms with Crippen LogP contribution in [0.15, 0.2) is 30.3 Å². The highest BCUT2D eigenvalue weighted by Gasteiger charge is 2.15. The second kappa shape index (κ2) is 5.16. The smallest absolute Gasteiger partial charge is 0.194 e. The Morgan fingerprint density at radius 3 is 2.19 bits per heavy atom. The topological polar surface area (TPSA) is 25.8 Å². The number of hydrogen-bond acceptors (Lipinski definition) is 2. The zero-order valence-electron chi connectivity index (χ0n) is 10.2. The van der Waals surface area contributed by atoms with Crippen LogP contribution in [0.25, 0.3) is 22.3 Å². The molecule has 7 heteroatoms. The van der Waals surface area contributed by atoms with Crippen molar-refractivity contribution >= 4 is 34.1 Å². The standard InChI is InChI=1S/C14H5Cl2F3N2/c15-7-1-2-8-11(5-7)20-14(21-13(8)16)6-3-9(17)12(19)10(18)4-6/h1-5H. The second-order valence-electron chi connectivity index (χ2n) is 4.25. The molecule has 0 unspecified atom stereocenters. The van der Waals surface area contributed by atoms with E-state index in [0.717, 1.165) is 12.1 Å². The Morgan fingerprint density at radius 1 is 0.857 bits per heavy atom. The highest BCUT2D eigenvalue weighted by atomic mass is 35.5. The fourth-order valence-electron chi connectivity index (χ4n) is 1.88. The average molecular weight is 329 g/mol. The summed E-state index contributed by atoms with van der Waals surface area (Å²) in [6, 6.07) is 6.41. The lowest BCUT2D eigenvalue weighted by atomic mass is 10.1. The quantitative estimate of drug-likeness (QED) is 0.463. The number of fused-ring (bicyclic) bond motifs is 1. The van der Waals surface area contributed by atoms with E-state index in [2.05, 4.69) is 9.97 Å². The molecule has 1 heterocycles. The Bertz CT molecular complexity index is 845. The minimum absolute atomic E-state index is 0.0184. The molecule has 0 atom stereocenters. The van der Waals surface area contributed by atoms with E-state index >= 15 is 0 Å². The third-order valence-electron chi connectivity index (χ3n) is 2.85. The molecule has 3 aromatic rings. The maximum absolute atomic E-state index is 13.3. The Labute approximate surface area is 127 Å². The normalized spacial score (nSPS) is 11.1. The summed E-state index contributed by atoms with van der Waals surface area (Å²) in [5.74, 6) is -4.21. The number of nitrogens with zero attached hydrogens (tertiary/aromatic N) is 2. The molecular formula is C14H5Cl2F3N2. The van der Waals surface area contributed by atoms with Crippen molar-refractivity contribution in [1.29, 1.82) is 0 Å². The van der Waals surface area contributed by atoms with Gasteiger partial charge in [0.25, 0.3) is 0 Å². The average Bonchev–Trinajstić information content (AvgIpc) is 2.43. The maximum atomic E-state index is 13.3. The number of hydrogen-bond donors (Lipinski definition) is 0. The lowest BCUT2D eigenvalue weighted by Gasteiger charge is -2.06. The van der Waals surface area contributed by atoms with Crippen LogP contribution in [0.4, 0.5) is 13.2 Å². The fourth-order valence-corrected chi connectivity index (χ4v) is 2.28. The van der Waals surface area contributed by atoms with Crippen LogP contribution < -0.4 is 0 Å². The molecule has 0 bridgehead atoms. The van der Waals surface area contributed by atoms with Gasteiger partial charge in [0, 0.05) is 16.0 Å². The van der Waals surface area contributed by atoms with Gasteiger partial charge in [0.1, 0.15) is 5.15 Å². The van der Waals surface area contributed by atoms with E-state index in [9.17, 15) is 13.2 Å². The molecule has 1 aromatic heterocycles. The predicted molar refractivity (Wildman–Crippen MR) is 74.9 cm³/mol. The summed E-state index contributed by atoms with van der Waals surface area (Å²) < 4.78 is 39.5. The highest BCUT2D eigenvalue weighted by Crippen LogP contribution is 2.28. The van der Waals surface area contributed by atoms with E-state index in [1.54, 1.807) is 18.2 Å². The summed E-state index contributed by atoms with van der Waals surface area (Å²) in [6.45, 7) is 0. The summed E-state index contributed by atoms with van der Waals surface area (Å²) in [5, 5.41) is 1.09. The Balaban J connectivity index is 2.25. The molecule has 2 nitrogen and oxygen atoms in total. The summed E-state index contributed by atoms with van der Waals surface area (Å²) in [4.78, 5) is 8.11. The fraction of sp³-hybridized carbons (Fsp3) is 0. The minimum Gasteiger partial charge on any atom is -0.228 e. The van der Waals surface area contributed by atoms with Crippen molar-refractivity contribution in [2.75, 3.05) is 0 Å². The molecule has 106 valence electrons. The van der Waals surface area contributed by atoms with Crippen LogP contribution in [0.5, 0.6) is 0 Å². The summed E-state index contributed by atoms with van der Waals surface area (Å²) in [6.07, 6.45) is 0. The van der Waals surface area contributed by atoms with Crippen molar-refractivity contribution in [2.24, 2.45) is 0 Å². The van der Waals surface area contributed by atoms with Gasteiger partial charge in [-0.15, -0.1) is 0 Å². The Kier molecular flexibility index (Phi) is 3.47. The van der Waals surface area contributed by atoms with Crippen molar-refractivity contribution in [1.82, 2.24) is 9.97 Å². The van der Waals surface area contributed by atoms with Gasteiger partial charge in [0.2, 0.25) is 0 Å². The predicted octanol–water partition coefficient (Wildman–Crippen LogP) is 5.02. The zero-order valence-corrected chi connectivity index (χ0v) is 11.7. The van der Waals surface area contributed by atoms with E-state index in [1.807, 2.05) is 0 Å². The Morgan fingerprint density at radius 2 is 1.52 bits per heavy atom. The van der Waals surface area contributed by atoms with Gasteiger partial charge in [-0.05, 0) is 30.3 Å². The molecule has 0 aliphatic carbocycles. The number of benzene rings is 2. The molecule has 2 aromatic carbocycles. The van der Waals surface area contributed by atoms with Gasteiger partial charge in [-0.1, -0.05) is 23.2 Å². The van der Waals surface area contributed by atoms with Crippen LogP contribution in [-0.4, -0.2) is 9.97 Å². The SMILES string of the molecule is Fc1cc(-c2nc(Cl)c3ccc(Cl)cc3n2)cc(F)c1F. The molecular weight excluding hydrogens is 324 g/mol. The van der Waals surface area contributed by atoms with Gasteiger partial charge < -0.3 is 0 Å². The summed E-state index contributed by atoms with van der Waals surface area (Å²) >= 11 is 11.9. The summed E-state index contributed by atoms with van der Waals surface area (Å²) in [5.41, 5.74) is 0.401. The van der Waals surface area contributed by atoms with E-state index < -0.39 is 17.5 Å². The zero-order chi connectivity index (χ0) is 15.1. The van der Waals surface area contributed by atoms with Crippen molar-refractivity contribution < 1.29 is 13.2 Å². The molecule has 0 aliphatic rings. The van der Waals surface area contributed by atoms with Crippen LogP contribution in [0.2, 0.25) is 10.2 Å². The second-order valence-corrected chi connectivity index (χ2v) is 5.05. The molecule has 0 spiro atoms. The maximum Gasteiger partial charge on any atom is 0.194 e. The molecule has 0 saturated carbocycles. The van der Waals surface area contributed by atoms with Crippen LogP contribution in [0, 0.1) is 17.5 Å². The molecule has 0 aliphatic heterocycles. The molecule has 0 fully saturated rings. The van der Waals surface area contributed by atoms with Gasteiger partial charge in [0.05, 0.1) is 5.52 Å². The number of aromatic nitrogens is 2. The van der Waals surface area contributed by atoms with Crippen molar-refractivity contribution in [3.63, 3.8) is 0 Å². The van der Waals surface area contributed by atoms with Gasteiger partial charge in [-0.2, -0.15) is 0 Å². The highest BCUT2D eigenvalue weighted by molar-refractivity contribution is 6.35. The third-order valence-corrected chi connectivity index (χ3v) is 3.38. The van der Waals surface area contributed by atoms with Crippen molar-refractivity contribution in [2.45, 2.75) is 0 Å². The first-order valence-electron chi connectivity index (χ1n) is 5.73. The van der Waals surface area contributed by atoms with Crippen LogP contribution in [-0.2, 0) is 0 Å².